The Labute approximate surface area is 124 Å². The Bertz CT molecular complexity index is 595. The number of primary sulfonamides is 1. The number of hydrogen-bond acceptors (Lipinski definition) is 4. The van der Waals surface area contributed by atoms with Crippen LogP contribution in [-0.2, 0) is 10.0 Å². The lowest BCUT2D eigenvalue weighted by Gasteiger charge is -2.16. The molecule has 0 saturated heterocycles. The van der Waals surface area contributed by atoms with Gasteiger partial charge in [0, 0.05) is 6.54 Å². The molecule has 1 aliphatic rings. The highest BCUT2D eigenvalue weighted by Crippen LogP contribution is 2.26. The first kappa shape index (κ1) is 15.8. The van der Waals surface area contributed by atoms with E-state index in [1.807, 2.05) is 6.07 Å². The minimum absolute atomic E-state index is 0.0184. The maximum absolute atomic E-state index is 12.1. The van der Waals surface area contributed by atoms with Gasteiger partial charge in [-0.3, -0.25) is 4.79 Å². The van der Waals surface area contributed by atoms with Gasteiger partial charge in [0.15, 0.2) is 0 Å². The van der Waals surface area contributed by atoms with Crippen molar-refractivity contribution in [3.05, 3.63) is 29.8 Å². The van der Waals surface area contributed by atoms with E-state index in [-0.39, 0.29) is 24.3 Å². The number of nitrogens with one attached hydrogen (secondary N) is 1. The third-order valence-corrected chi connectivity index (χ3v) is 4.17. The fourth-order valence-corrected chi connectivity index (χ4v) is 2.73. The summed E-state index contributed by atoms with van der Waals surface area (Å²) in [6, 6.07) is 6.98. The van der Waals surface area contributed by atoms with Crippen LogP contribution >= 0.6 is 0 Å². The second-order valence-corrected chi connectivity index (χ2v) is 6.88. The molecule has 1 aliphatic carbocycles. The van der Waals surface area contributed by atoms with Crippen LogP contribution in [0.2, 0.25) is 0 Å². The Morgan fingerprint density at radius 3 is 2.62 bits per heavy atom. The highest BCUT2D eigenvalue weighted by molar-refractivity contribution is 7.89. The molecule has 0 unspecified atom stereocenters. The SMILES string of the molecule is NS(=O)(=O)CCNC(=O)c1ccccc1OC1CCCC1. The zero-order valence-corrected chi connectivity index (χ0v) is 12.6. The summed E-state index contributed by atoms with van der Waals surface area (Å²) >= 11 is 0. The van der Waals surface area contributed by atoms with E-state index < -0.39 is 10.0 Å². The molecule has 1 aromatic rings. The van der Waals surface area contributed by atoms with Gasteiger partial charge in [0.25, 0.3) is 5.91 Å². The van der Waals surface area contributed by atoms with Crippen LogP contribution < -0.4 is 15.2 Å². The molecule has 1 amide bonds. The van der Waals surface area contributed by atoms with Crippen LogP contribution in [0.1, 0.15) is 36.0 Å². The number of rotatable bonds is 6. The average molecular weight is 312 g/mol. The molecule has 7 heteroatoms. The molecule has 6 nitrogen and oxygen atoms in total. The summed E-state index contributed by atoms with van der Waals surface area (Å²) in [7, 11) is -3.58. The van der Waals surface area contributed by atoms with Crippen molar-refractivity contribution in [2.24, 2.45) is 5.14 Å². The fraction of sp³-hybridized carbons (Fsp3) is 0.500. The van der Waals surface area contributed by atoms with Gasteiger partial charge in [0.05, 0.1) is 17.4 Å². The summed E-state index contributed by atoms with van der Waals surface area (Å²) in [5.74, 6) is -0.102. The van der Waals surface area contributed by atoms with E-state index in [4.69, 9.17) is 9.88 Å². The molecule has 1 fully saturated rings. The van der Waals surface area contributed by atoms with Gasteiger partial charge < -0.3 is 10.1 Å². The number of amides is 1. The minimum atomic E-state index is -3.58. The monoisotopic (exact) mass is 312 g/mol. The quantitative estimate of drug-likeness (QED) is 0.819. The molecule has 0 spiro atoms. The van der Waals surface area contributed by atoms with Crippen LogP contribution in [0.4, 0.5) is 0 Å². The highest BCUT2D eigenvalue weighted by atomic mass is 32.2. The Balaban J connectivity index is 1.99. The van der Waals surface area contributed by atoms with Crippen molar-refractivity contribution in [3.63, 3.8) is 0 Å². The Morgan fingerprint density at radius 2 is 1.95 bits per heavy atom. The van der Waals surface area contributed by atoms with Crippen LogP contribution in [0.25, 0.3) is 0 Å². The minimum Gasteiger partial charge on any atom is -0.490 e. The van der Waals surface area contributed by atoms with Gasteiger partial charge in [-0.15, -0.1) is 0 Å². The molecule has 0 bridgehead atoms. The Kier molecular flexibility index (Phi) is 5.19. The third kappa shape index (κ3) is 5.02. The summed E-state index contributed by atoms with van der Waals surface area (Å²) in [6.07, 6.45) is 4.45. The third-order valence-electron chi connectivity index (χ3n) is 3.40. The molecule has 0 aliphatic heterocycles. The number of nitrogens with two attached hydrogens (primary N) is 1. The normalized spacial score (nSPS) is 15.9. The van der Waals surface area contributed by atoms with E-state index in [2.05, 4.69) is 5.32 Å². The zero-order chi connectivity index (χ0) is 15.3. The van der Waals surface area contributed by atoms with Gasteiger partial charge in [0.1, 0.15) is 5.75 Å². The first-order chi connectivity index (χ1) is 9.96. The number of para-hydroxylation sites is 1. The predicted octanol–water partition coefficient (Wildman–Crippen LogP) is 1.03. The number of sulfonamides is 1. The second-order valence-electron chi connectivity index (χ2n) is 5.14. The number of benzene rings is 1. The fourth-order valence-electron chi connectivity index (χ4n) is 2.34. The van der Waals surface area contributed by atoms with Crippen molar-refractivity contribution in [3.8, 4) is 5.75 Å². The van der Waals surface area contributed by atoms with Crippen molar-refractivity contribution < 1.29 is 17.9 Å². The molecule has 0 radical (unpaired) electrons. The summed E-state index contributed by atoms with van der Waals surface area (Å²) in [5.41, 5.74) is 0.416. The van der Waals surface area contributed by atoms with Crippen molar-refractivity contribution in [1.29, 1.82) is 0 Å². The van der Waals surface area contributed by atoms with E-state index in [0.717, 1.165) is 25.7 Å². The van der Waals surface area contributed by atoms with Crippen molar-refractivity contribution in [2.75, 3.05) is 12.3 Å². The molecule has 116 valence electrons. The van der Waals surface area contributed by atoms with E-state index >= 15 is 0 Å². The summed E-state index contributed by atoms with van der Waals surface area (Å²) in [5, 5.41) is 7.44. The molecule has 0 aromatic heterocycles. The first-order valence-corrected chi connectivity index (χ1v) is 8.71. The van der Waals surface area contributed by atoms with Gasteiger partial charge >= 0.3 is 0 Å². The van der Waals surface area contributed by atoms with Crippen LogP contribution in [0.5, 0.6) is 5.75 Å². The van der Waals surface area contributed by atoms with Crippen molar-refractivity contribution in [1.82, 2.24) is 5.32 Å². The largest absolute Gasteiger partial charge is 0.490 e. The molecule has 1 aromatic carbocycles. The van der Waals surface area contributed by atoms with E-state index in [1.54, 1.807) is 18.2 Å². The molecular formula is C14H20N2O4S. The molecular weight excluding hydrogens is 292 g/mol. The van der Waals surface area contributed by atoms with Crippen LogP contribution in [0, 0.1) is 0 Å². The lowest BCUT2D eigenvalue weighted by Crippen LogP contribution is -2.31. The van der Waals surface area contributed by atoms with Crippen LogP contribution in [0.15, 0.2) is 24.3 Å². The molecule has 3 N–H and O–H groups in total. The summed E-state index contributed by atoms with van der Waals surface area (Å²) in [6.45, 7) is -0.0184. The highest BCUT2D eigenvalue weighted by Gasteiger charge is 2.19. The lowest BCUT2D eigenvalue weighted by atomic mass is 10.2. The molecule has 21 heavy (non-hydrogen) atoms. The van der Waals surface area contributed by atoms with Gasteiger partial charge in [-0.2, -0.15) is 0 Å². The Morgan fingerprint density at radius 1 is 1.29 bits per heavy atom. The van der Waals surface area contributed by atoms with Gasteiger partial charge in [-0.1, -0.05) is 12.1 Å². The van der Waals surface area contributed by atoms with Gasteiger partial charge in [-0.05, 0) is 37.8 Å². The number of carbonyl (C=O) groups is 1. The van der Waals surface area contributed by atoms with Crippen molar-refractivity contribution in [2.45, 2.75) is 31.8 Å². The number of ether oxygens (including phenoxy) is 1. The van der Waals surface area contributed by atoms with E-state index in [9.17, 15) is 13.2 Å². The smallest absolute Gasteiger partial charge is 0.255 e. The lowest BCUT2D eigenvalue weighted by molar-refractivity contribution is 0.0949. The predicted molar refractivity (Wildman–Crippen MR) is 79.6 cm³/mol. The summed E-state index contributed by atoms with van der Waals surface area (Å²) in [4.78, 5) is 12.1. The van der Waals surface area contributed by atoms with E-state index in [0.29, 0.717) is 11.3 Å². The second kappa shape index (κ2) is 6.91. The first-order valence-electron chi connectivity index (χ1n) is 7.00. The number of carbonyl (C=O) groups excluding carboxylic acids is 1. The molecule has 2 rings (SSSR count). The summed E-state index contributed by atoms with van der Waals surface area (Å²) < 4.78 is 27.6. The molecule has 1 saturated carbocycles. The maximum Gasteiger partial charge on any atom is 0.255 e. The maximum atomic E-state index is 12.1. The van der Waals surface area contributed by atoms with Gasteiger partial charge in [-0.25, -0.2) is 13.6 Å². The topological polar surface area (TPSA) is 98.5 Å². The standard InChI is InChI=1S/C14H20N2O4S/c15-21(18,19)10-9-16-14(17)12-7-3-4-8-13(12)20-11-5-1-2-6-11/h3-4,7-8,11H,1-2,5-6,9-10H2,(H,16,17)(H2,15,18,19). The van der Waals surface area contributed by atoms with Crippen LogP contribution in [0.3, 0.4) is 0 Å². The Hall–Kier alpha value is -1.60. The van der Waals surface area contributed by atoms with Crippen LogP contribution in [-0.4, -0.2) is 32.7 Å². The van der Waals surface area contributed by atoms with Crippen molar-refractivity contribution >= 4 is 15.9 Å². The zero-order valence-electron chi connectivity index (χ0n) is 11.7. The molecule has 0 heterocycles. The van der Waals surface area contributed by atoms with Gasteiger partial charge in [0.2, 0.25) is 10.0 Å². The average Bonchev–Trinajstić information content (AvgIpc) is 2.90. The number of hydrogen-bond donors (Lipinski definition) is 2. The van der Waals surface area contributed by atoms with E-state index in [1.165, 1.54) is 0 Å². The molecule has 0 atom stereocenters.